The second-order valence-corrected chi connectivity index (χ2v) is 3.68. The van der Waals surface area contributed by atoms with E-state index in [0.717, 1.165) is 11.3 Å². The van der Waals surface area contributed by atoms with Crippen molar-refractivity contribution in [2.45, 2.75) is 19.6 Å². The number of imidazole rings is 1. The van der Waals surface area contributed by atoms with Crippen LogP contribution in [0.3, 0.4) is 0 Å². The van der Waals surface area contributed by atoms with Gasteiger partial charge in [-0.05, 0) is 19.1 Å². The first-order chi connectivity index (χ1) is 7.25. The van der Waals surface area contributed by atoms with E-state index in [0.29, 0.717) is 13.1 Å². The number of aromatic nitrogens is 2. The molecule has 0 saturated carbocycles. The van der Waals surface area contributed by atoms with Crippen molar-refractivity contribution in [2.24, 2.45) is 0 Å². The minimum atomic E-state index is -0.318. The molecular weight excluding hydrogens is 190 g/mol. The highest BCUT2D eigenvalue weighted by atomic mass is 16.3. The lowest BCUT2D eigenvalue weighted by atomic mass is 10.4. The zero-order valence-electron chi connectivity index (χ0n) is 8.72. The standard InChI is InChI=1S/C11H15N3O/c1-9(15)6-12-7-10-8-14-5-3-2-4-11(14)13-10/h2-5,8-9,12,15H,6-7H2,1H3/t9-/m0/s1. The summed E-state index contributed by atoms with van der Waals surface area (Å²) in [5.41, 5.74) is 1.94. The van der Waals surface area contributed by atoms with Gasteiger partial charge in [-0.1, -0.05) is 6.07 Å². The fourth-order valence-corrected chi connectivity index (χ4v) is 1.48. The highest BCUT2D eigenvalue weighted by Crippen LogP contribution is 2.03. The van der Waals surface area contributed by atoms with Gasteiger partial charge in [0.2, 0.25) is 0 Å². The molecule has 0 aliphatic carbocycles. The van der Waals surface area contributed by atoms with Crippen LogP contribution in [0.1, 0.15) is 12.6 Å². The summed E-state index contributed by atoms with van der Waals surface area (Å²) in [6.45, 7) is 3.04. The Labute approximate surface area is 88.6 Å². The molecule has 0 radical (unpaired) electrons. The van der Waals surface area contributed by atoms with Crippen molar-refractivity contribution in [1.82, 2.24) is 14.7 Å². The number of rotatable bonds is 4. The summed E-state index contributed by atoms with van der Waals surface area (Å²) in [6, 6.07) is 5.91. The van der Waals surface area contributed by atoms with Crippen molar-refractivity contribution in [3.8, 4) is 0 Å². The van der Waals surface area contributed by atoms with Gasteiger partial charge in [-0.25, -0.2) is 4.98 Å². The van der Waals surface area contributed by atoms with Crippen molar-refractivity contribution < 1.29 is 5.11 Å². The normalized spacial score (nSPS) is 13.2. The Morgan fingerprint density at radius 1 is 1.53 bits per heavy atom. The molecule has 0 amide bonds. The number of aliphatic hydroxyl groups is 1. The molecule has 0 saturated heterocycles. The summed E-state index contributed by atoms with van der Waals surface area (Å²) < 4.78 is 1.99. The van der Waals surface area contributed by atoms with E-state index in [1.807, 2.05) is 35.0 Å². The molecule has 0 aromatic carbocycles. The quantitative estimate of drug-likeness (QED) is 0.776. The lowest BCUT2D eigenvalue weighted by molar-refractivity contribution is 0.191. The second kappa shape index (κ2) is 4.42. The van der Waals surface area contributed by atoms with E-state index in [1.165, 1.54) is 0 Å². The van der Waals surface area contributed by atoms with Gasteiger partial charge < -0.3 is 14.8 Å². The molecule has 0 aliphatic heterocycles. The minimum Gasteiger partial charge on any atom is -0.392 e. The highest BCUT2D eigenvalue weighted by Gasteiger charge is 2.00. The fraction of sp³-hybridized carbons (Fsp3) is 0.364. The molecule has 0 spiro atoms. The first-order valence-corrected chi connectivity index (χ1v) is 5.07. The maximum atomic E-state index is 9.08. The Morgan fingerprint density at radius 2 is 2.40 bits per heavy atom. The Balaban J connectivity index is 2.03. The number of hydrogen-bond acceptors (Lipinski definition) is 3. The van der Waals surface area contributed by atoms with Gasteiger partial charge in [0.15, 0.2) is 0 Å². The van der Waals surface area contributed by atoms with Crippen molar-refractivity contribution in [3.05, 3.63) is 36.3 Å². The largest absolute Gasteiger partial charge is 0.392 e. The lowest BCUT2D eigenvalue weighted by Crippen LogP contribution is -2.23. The average molecular weight is 205 g/mol. The SMILES string of the molecule is C[C@H](O)CNCc1cn2ccccc2n1. The van der Waals surface area contributed by atoms with Crippen LogP contribution in [0.4, 0.5) is 0 Å². The Morgan fingerprint density at radius 3 is 3.13 bits per heavy atom. The molecule has 15 heavy (non-hydrogen) atoms. The number of nitrogens with one attached hydrogen (secondary N) is 1. The second-order valence-electron chi connectivity index (χ2n) is 3.68. The highest BCUT2D eigenvalue weighted by molar-refractivity contribution is 5.39. The molecule has 1 atom stereocenters. The van der Waals surface area contributed by atoms with Crippen molar-refractivity contribution in [3.63, 3.8) is 0 Å². The zero-order valence-corrected chi connectivity index (χ0v) is 8.72. The van der Waals surface area contributed by atoms with Crippen LogP contribution in [-0.2, 0) is 6.54 Å². The maximum Gasteiger partial charge on any atom is 0.137 e. The third kappa shape index (κ3) is 2.55. The smallest absolute Gasteiger partial charge is 0.137 e. The molecule has 4 heteroatoms. The van der Waals surface area contributed by atoms with Gasteiger partial charge in [-0.15, -0.1) is 0 Å². The molecule has 0 unspecified atom stereocenters. The Hall–Kier alpha value is -1.39. The number of hydrogen-bond donors (Lipinski definition) is 2. The number of nitrogens with zero attached hydrogens (tertiary/aromatic N) is 2. The Kier molecular flexibility index (Phi) is 2.99. The topological polar surface area (TPSA) is 49.6 Å². The molecule has 4 nitrogen and oxygen atoms in total. The fourth-order valence-electron chi connectivity index (χ4n) is 1.48. The summed E-state index contributed by atoms with van der Waals surface area (Å²) in [5.74, 6) is 0. The first kappa shape index (κ1) is 10.1. The van der Waals surface area contributed by atoms with E-state index in [4.69, 9.17) is 5.11 Å². The van der Waals surface area contributed by atoms with Crippen LogP contribution in [0.25, 0.3) is 5.65 Å². The summed E-state index contributed by atoms with van der Waals surface area (Å²) in [7, 11) is 0. The molecule has 2 N–H and O–H groups in total. The molecule has 2 aromatic heterocycles. The number of fused-ring (bicyclic) bond motifs is 1. The first-order valence-electron chi connectivity index (χ1n) is 5.07. The third-order valence-corrected chi connectivity index (χ3v) is 2.16. The van der Waals surface area contributed by atoms with Crippen LogP contribution in [0.15, 0.2) is 30.6 Å². The van der Waals surface area contributed by atoms with Gasteiger partial charge in [0.05, 0.1) is 11.8 Å². The predicted octanol–water partition coefficient (Wildman–Crippen LogP) is 0.805. The van der Waals surface area contributed by atoms with Crippen LogP contribution in [0.5, 0.6) is 0 Å². The molecule has 2 aromatic rings. The van der Waals surface area contributed by atoms with Crippen molar-refractivity contribution in [1.29, 1.82) is 0 Å². The maximum absolute atomic E-state index is 9.08. The minimum absolute atomic E-state index is 0.318. The lowest BCUT2D eigenvalue weighted by Gasteiger charge is -2.03. The summed E-state index contributed by atoms with van der Waals surface area (Å²) in [6.07, 6.45) is 3.65. The number of aliphatic hydroxyl groups excluding tert-OH is 1. The van der Waals surface area contributed by atoms with Gasteiger partial charge in [-0.3, -0.25) is 0 Å². The van der Waals surface area contributed by atoms with Crippen molar-refractivity contribution >= 4 is 5.65 Å². The zero-order chi connectivity index (χ0) is 10.7. The average Bonchev–Trinajstić information content (AvgIpc) is 2.59. The summed E-state index contributed by atoms with van der Waals surface area (Å²) in [5, 5.41) is 12.2. The van der Waals surface area contributed by atoms with E-state index in [2.05, 4.69) is 10.3 Å². The van der Waals surface area contributed by atoms with E-state index >= 15 is 0 Å². The van der Waals surface area contributed by atoms with Crippen LogP contribution in [0, 0.1) is 0 Å². The van der Waals surface area contributed by atoms with Crippen molar-refractivity contribution in [2.75, 3.05) is 6.54 Å². The van der Waals surface area contributed by atoms with E-state index in [9.17, 15) is 0 Å². The predicted molar refractivity (Wildman–Crippen MR) is 58.6 cm³/mol. The molecule has 0 aliphatic rings. The van der Waals surface area contributed by atoms with Gasteiger partial charge in [0.25, 0.3) is 0 Å². The molecular formula is C11H15N3O. The van der Waals surface area contributed by atoms with Crippen LogP contribution >= 0.6 is 0 Å². The molecule has 0 fully saturated rings. The van der Waals surface area contributed by atoms with E-state index in [-0.39, 0.29) is 6.10 Å². The van der Waals surface area contributed by atoms with Crippen LogP contribution in [0.2, 0.25) is 0 Å². The number of pyridine rings is 1. The van der Waals surface area contributed by atoms with E-state index in [1.54, 1.807) is 6.92 Å². The molecule has 0 bridgehead atoms. The summed E-state index contributed by atoms with van der Waals surface area (Å²) >= 11 is 0. The van der Waals surface area contributed by atoms with Gasteiger partial charge in [0, 0.05) is 25.5 Å². The van der Waals surface area contributed by atoms with Gasteiger partial charge in [-0.2, -0.15) is 0 Å². The van der Waals surface area contributed by atoms with Gasteiger partial charge >= 0.3 is 0 Å². The third-order valence-electron chi connectivity index (χ3n) is 2.16. The summed E-state index contributed by atoms with van der Waals surface area (Å²) in [4.78, 5) is 4.43. The molecule has 2 rings (SSSR count). The van der Waals surface area contributed by atoms with E-state index < -0.39 is 0 Å². The Bertz CT molecular complexity index is 403. The monoisotopic (exact) mass is 205 g/mol. The van der Waals surface area contributed by atoms with Gasteiger partial charge in [0.1, 0.15) is 5.65 Å². The van der Waals surface area contributed by atoms with Crippen LogP contribution in [-0.4, -0.2) is 27.1 Å². The molecule has 80 valence electrons. The molecule has 2 heterocycles. The van der Waals surface area contributed by atoms with Crippen LogP contribution < -0.4 is 5.32 Å².